The van der Waals surface area contributed by atoms with Gasteiger partial charge in [0.1, 0.15) is 0 Å². The van der Waals surface area contributed by atoms with Crippen molar-refractivity contribution in [3.63, 3.8) is 0 Å². The molecule has 1 aromatic rings. The van der Waals surface area contributed by atoms with Gasteiger partial charge in [-0.25, -0.2) is 4.79 Å². The topological polar surface area (TPSA) is 70.4 Å². The standard InChI is InChI=1S/C12H18N4O2/c17-12(18)15-5-1-2-9(7-15)14-10-6-13-16(8-10)11-3-4-11/h6,8-9,11,14H,1-5,7H2,(H,17,18)/t9-/m1/s1. The Morgan fingerprint density at radius 2 is 2.28 bits per heavy atom. The van der Waals surface area contributed by atoms with Gasteiger partial charge in [0.25, 0.3) is 0 Å². The SMILES string of the molecule is O=C(O)N1CCC[C@@H](Nc2cnn(C3CC3)c2)C1. The molecule has 6 heteroatoms. The first-order chi connectivity index (χ1) is 8.72. The van der Waals surface area contributed by atoms with Crippen molar-refractivity contribution in [2.75, 3.05) is 18.4 Å². The van der Waals surface area contributed by atoms with E-state index in [-0.39, 0.29) is 6.04 Å². The van der Waals surface area contributed by atoms with E-state index in [4.69, 9.17) is 5.11 Å². The van der Waals surface area contributed by atoms with Crippen LogP contribution in [0.4, 0.5) is 10.5 Å². The molecule has 1 saturated carbocycles. The second-order valence-corrected chi connectivity index (χ2v) is 5.15. The summed E-state index contributed by atoms with van der Waals surface area (Å²) in [7, 11) is 0. The number of carboxylic acid groups (broad SMARTS) is 1. The number of amides is 1. The van der Waals surface area contributed by atoms with Gasteiger partial charge in [-0.2, -0.15) is 5.10 Å². The fourth-order valence-corrected chi connectivity index (χ4v) is 2.46. The molecule has 3 rings (SSSR count). The van der Waals surface area contributed by atoms with Crippen LogP contribution < -0.4 is 5.32 Å². The van der Waals surface area contributed by atoms with Crippen LogP contribution >= 0.6 is 0 Å². The third-order valence-electron chi connectivity index (χ3n) is 3.59. The molecule has 2 fully saturated rings. The van der Waals surface area contributed by atoms with Gasteiger partial charge in [0.15, 0.2) is 0 Å². The Labute approximate surface area is 106 Å². The summed E-state index contributed by atoms with van der Waals surface area (Å²) >= 11 is 0. The highest BCUT2D eigenvalue weighted by Crippen LogP contribution is 2.34. The molecule has 1 amide bonds. The lowest BCUT2D eigenvalue weighted by Gasteiger charge is -2.31. The Balaban J connectivity index is 1.59. The highest BCUT2D eigenvalue weighted by molar-refractivity contribution is 5.65. The fourth-order valence-electron chi connectivity index (χ4n) is 2.46. The third-order valence-corrected chi connectivity index (χ3v) is 3.59. The monoisotopic (exact) mass is 250 g/mol. The quantitative estimate of drug-likeness (QED) is 0.857. The molecule has 0 bridgehead atoms. The minimum atomic E-state index is -0.824. The van der Waals surface area contributed by atoms with Gasteiger partial charge in [-0.1, -0.05) is 0 Å². The second kappa shape index (κ2) is 4.51. The van der Waals surface area contributed by atoms with Gasteiger partial charge in [0.05, 0.1) is 17.9 Å². The minimum Gasteiger partial charge on any atom is -0.465 e. The first kappa shape index (κ1) is 11.4. The van der Waals surface area contributed by atoms with Gasteiger partial charge in [-0.15, -0.1) is 0 Å². The van der Waals surface area contributed by atoms with E-state index in [0.717, 1.165) is 18.5 Å². The molecule has 1 saturated heterocycles. The van der Waals surface area contributed by atoms with Gasteiger partial charge in [0.2, 0.25) is 0 Å². The van der Waals surface area contributed by atoms with E-state index in [2.05, 4.69) is 10.4 Å². The molecular weight excluding hydrogens is 232 g/mol. The summed E-state index contributed by atoms with van der Waals surface area (Å²) in [5.41, 5.74) is 0.999. The van der Waals surface area contributed by atoms with Crippen LogP contribution in [0, 0.1) is 0 Å². The molecule has 1 aliphatic carbocycles. The molecule has 18 heavy (non-hydrogen) atoms. The van der Waals surface area contributed by atoms with E-state index in [9.17, 15) is 4.79 Å². The smallest absolute Gasteiger partial charge is 0.407 e. The Morgan fingerprint density at radius 3 is 3.00 bits per heavy atom. The third kappa shape index (κ3) is 2.42. The average molecular weight is 250 g/mol. The number of nitrogens with one attached hydrogen (secondary N) is 1. The Bertz CT molecular complexity index is 441. The first-order valence-corrected chi connectivity index (χ1v) is 6.51. The van der Waals surface area contributed by atoms with Crippen molar-refractivity contribution in [3.05, 3.63) is 12.4 Å². The largest absolute Gasteiger partial charge is 0.465 e. The van der Waals surface area contributed by atoms with Crippen molar-refractivity contribution < 1.29 is 9.90 Å². The number of aromatic nitrogens is 2. The summed E-state index contributed by atoms with van der Waals surface area (Å²) in [6, 6.07) is 0.786. The van der Waals surface area contributed by atoms with Crippen molar-refractivity contribution in [1.82, 2.24) is 14.7 Å². The molecule has 0 radical (unpaired) electrons. The molecule has 2 heterocycles. The summed E-state index contributed by atoms with van der Waals surface area (Å²) < 4.78 is 2.00. The van der Waals surface area contributed by atoms with Gasteiger partial charge in [-0.05, 0) is 25.7 Å². The lowest BCUT2D eigenvalue weighted by Crippen LogP contribution is -2.44. The molecule has 98 valence electrons. The molecule has 0 spiro atoms. The summed E-state index contributed by atoms with van der Waals surface area (Å²) in [5.74, 6) is 0. The van der Waals surface area contributed by atoms with Crippen LogP contribution in [-0.2, 0) is 0 Å². The predicted octanol–water partition coefficient (Wildman–Crippen LogP) is 1.77. The maximum atomic E-state index is 10.9. The summed E-state index contributed by atoms with van der Waals surface area (Å²) in [4.78, 5) is 12.4. The zero-order valence-corrected chi connectivity index (χ0v) is 10.2. The molecule has 0 aromatic carbocycles. The van der Waals surface area contributed by atoms with Gasteiger partial charge in [0, 0.05) is 25.3 Å². The molecule has 1 atom stereocenters. The van der Waals surface area contributed by atoms with E-state index in [0.29, 0.717) is 19.1 Å². The molecular formula is C12H18N4O2. The molecule has 6 nitrogen and oxygen atoms in total. The van der Waals surface area contributed by atoms with E-state index in [1.165, 1.54) is 17.7 Å². The first-order valence-electron chi connectivity index (χ1n) is 6.51. The van der Waals surface area contributed by atoms with Gasteiger partial charge < -0.3 is 15.3 Å². The number of likely N-dealkylation sites (tertiary alicyclic amines) is 1. The number of hydrogen-bond donors (Lipinski definition) is 2. The molecule has 2 N–H and O–H groups in total. The van der Waals surface area contributed by atoms with Crippen LogP contribution in [-0.4, -0.2) is 45.0 Å². The second-order valence-electron chi connectivity index (χ2n) is 5.15. The van der Waals surface area contributed by atoms with Crippen LogP contribution in [0.15, 0.2) is 12.4 Å². The van der Waals surface area contributed by atoms with Crippen molar-refractivity contribution in [3.8, 4) is 0 Å². The van der Waals surface area contributed by atoms with Crippen molar-refractivity contribution >= 4 is 11.8 Å². The van der Waals surface area contributed by atoms with Crippen LogP contribution in [0.1, 0.15) is 31.7 Å². The van der Waals surface area contributed by atoms with Crippen LogP contribution in [0.25, 0.3) is 0 Å². The van der Waals surface area contributed by atoms with E-state index in [1.807, 2.05) is 17.1 Å². The maximum absolute atomic E-state index is 10.9. The highest BCUT2D eigenvalue weighted by atomic mass is 16.4. The van der Waals surface area contributed by atoms with E-state index < -0.39 is 6.09 Å². The molecule has 2 aliphatic rings. The van der Waals surface area contributed by atoms with Gasteiger partial charge in [-0.3, -0.25) is 4.68 Å². The Kier molecular flexibility index (Phi) is 2.85. The van der Waals surface area contributed by atoms with Gasteiger partial charge >= 0.3 is 6.09 Å². The zero-order valence-electron chi connectivity index (χ0n) is 10.2. The normalized spacial score (nSPS) is 24.0. The lowest BCUT2D eigenvalue weighted by atomic mass is 10.1. The number of hydrogen-bond acceptors (Lipinski definition) is 3. The van der Waals surface area contributed by atoms with Crippen LogP contribution in [0.5, 0.6) is 0 Å². The number of carbonyl (C=O) groups is 1. The van der Waals surface area contributed by atoms with Crippen molar-refractivity contribution in [1.29, 1.82) is 0 Å². The summed E-state index contributed by atoms with van der Waals surface area (Å²) in [6.45, 7) is 1.21. The van der Waals surface area contributed by atoms with Crippen molar-refractivity contribution in [2.24, 2.45) is 0 Å². The lowest BCUT2D eigenvalue weighted by molar-refractivity contribution is 0.133. The summed E-state index contributed by atoms with van der Waals surface area (Å²) in [6.07, 6.45) is 7.40. The zero-order chi connectivity index (χ0) is 12.5. The predicted molar refractivity (Wildman–Crippen MR) is 66.7 cm³/mol. The van der Waals surface area contributed by atoms with Crippen molar-refractivity contribution in [2.45, 2.75) is 37.8 Å². The van der Waals surface area contributed by atoms with E-state index in [1.54, 1.807) is 0 Å². The number of rotatable bonds is 3. The number of anilines is 1. The molecule has 1 aromatic heterocycles. The highest BCUT2D eigenvalue weighted by Gasteiger charge is 2.26. The van der Waals surface area contributed by atoms with Crippen LogP contribution in [0.3, 0.4) is 0 Å². The molecule has 0 unspecified atom stereocenters. The fraction of sp³-hybridized carbons (Fsp3) is 0.667. The minimum absolute atomic E-state index is 0.201. The molecule has 1 aliphatic heterocycles. The Morgan fingerprint density at radius 1 is 1.44 bits per heavy atom. The average Bonchev–Trinajstić information content (AvgIpc) is 3.11. The maximum Gasteiger partial charge on any atom is 0.407 e. The number of piperidine rings is 1. The summed E-state index contributed by atoms with van der Waals surface area (Å²) in [5, 5.41) is 16.7. The van der Waals surface area contributed by atoms with Crippen LogP contribution in [0.2, 0.25) is 0 Å². The van der Waals surface area contributed by atoms with E-state index >= 15 is 0 Å². The Hall–Kier alpha value is -1.72. The number of nitrogens with zero attached hydrogens (tertiary/aromatic N) is 3.